The number of alkyl halides is 6. The molecule has 0 aromatic carbocycles. The third-order valence-corrected chi connectivity index (χ3v) is 2.57. The van der Waals surface area contributed by atoms with E-state index < -0.39 is 32.2 Å². The summed E-state index contributed by atoms with van der Waals surface area (Å²) in [5.41, 5.74) is 0. The van der Waals surface area contributed by atoms with E-state index in [0.717, 1.165) is 0 Å². The van der Waals surface area contributed by atoms with Gasteiger partial charge in [-0.05, 0) is 6.92 Å². The van der Waals surface area contributed by atoms with E-state index >= 15 is 0 Å². The number of rotatable bonds is 3. The van der Waals surface area contributed by atoms with E-state index in [1.807, 2.05) is 0 Å². The average Bonchev–Trinajstić information content (AvgIpc) is 1.76. The molecule has 2 atom stereocenters. The van der Waals surface area contributed by atoms with Gasteiger partial charge in [0.1, 0.15) is 6.16 Å². The normalized spacial score (nSPS) is 19.7. The van der Waals surface area contributed by atoms with Crippen molar-refractivity contribution in [2.75, 3.05) is 6.16 Å². The van der Waals surface area contributed by atoms with Crippen LogP contribution < -0.4 is 0 Å². The fraction of sp³-hybridized carbons (Fsp3) is 1.00. The summed E-state index contributed by atoms with van der Waals surface area (Å²) in [6, 6.07) is 0. The second-order valence-corrected chi connectivity index (χ2v) is 4.50. The Hall–Kier alpha value is -0.270. The van der Waals surface area contributed by atoms with Crippen LogP contribution in [0.3, 0.4) is 0 Å². The Morgan fingerprint density at radius 3 is 1.93 bits per heavy atom. The van der Waals surface area contributed by atoms with Gasteiger partial charge in [-0.25, -0.2) is 0 Å². The average molecular weight is 260 g/mol. The summed E-state index contributed by atoms with van der Waals surface area (Å²) in [7, 11) is -5.31. The lowest BCUT2D eigenvalue weighted by molar-refractivity contribution is -0.192. The molecular formula is C5H7F6O3P. The Labute approximate surface area is 80.6 Å². The highest BCUT2D eigenvalue weighted by Gasteiger charge is 2.45. The van der Waals surface area contributed by atoms with Crippen LogP contribution in [0.4, 0.5) is 26.3 Å². The van der Waals surface area contributed by atoms with Crippen molar-refractivity contribution in [2.24, 2.45) is 0 Å². The maximum Gasteiger partial charge on any atom is 0.414 e. The van der Waals surface area contributed by atoms with Crippen molar-refractivity contribution < 1.29 is 40.3 Å². The highest BCUT2D eigenvalue weighted by atomic mass is 31.2. The molecule has 1 N–H and O–H groups in total. The molecule has 0 aliphatic heterocycles. The lowest BCUT2D eigenvalue weighted by Crippen LogP contribution is -2.29. The SMILES string of the molecule is CC(OP(=O)(O)CC(F)(F)F)C(F)(F)F. The molecule has 0 aromatic rings. The van der Waals surface area contributed by atoms with E-state index in [0.29, 0.717) is 6.92 Å². The summed E-state index contributed by atoms with van der Waals surface area (Å²) in [5, 5.41) is 0. The lowest BCUT2D eigenvalue weighted by atomic mass is 10.4. The van der Waals surface area contributed by atoms with Gasteiger partial charge < -0.3 is 4.89 Å². The van der Waals surface area contributed by atoms with Crippen LogP contribution in [0.15, 0.2) is 0 Å². The molecule has 92 valence electrons. The van der Waals surface area contributed by atoms with Crippen LogP contribution in [0.25, 0.3) is 0 Å². The van der Waals surface area contributed by atoms with Crippen molar-refractivity contribution in [3.8, 4) is 0 Å². The Kier molecular flexibility index (Phi) is 4.23. The van der Waals surface area contributed by atoms with Crippen LogP contribution in [-0.2, 0) is 9.09 Å². The van der Waals surface area contributed by atoms with E-state index in [1.165, 1.54) is 0 Å². The third kappa shape index (κ3) is 6.75. The fourth-order valence-corrected chi connectivity index (χ4v) is 1.71. The van der Waals surface area contributed by atoms with Crippen LogP contribution in [0.5, 0.6) is 0 Å². The van der Waals surface area contributed by atoms with Crippen LogP contribution in [-0.4, -0.2) is 29.5 Å². The first kappa shape index (κ1) is 14.7. The first-order valence-electron chi connectivity index (χ1n) is 3.47. The number of hydrogen-bond donors (Lipinski definition) is 1. The zero-order valence-corrected chi connectivity index (χ0v) is 8.16. The summed E-state index contributed by atoms with van der Waals surface area (Å²) in [6.45, 7) is 0.346. The topological polar surface area (TPSA) is 46.5 Å². The molecular weight excluding hydrogens is 253 g/mol. The zero-order chi connectivity index (χ0) is 12.5. The molecule has 0 aliphatic rings. The first-order chi connectivity index (χ1) is 6.33. The van der Waals surface area contributed by atoms with Gasteiger partial charge in [0.2, 0.25) is 0 Å². The second-order valence-electron chi connectivity index (χ2n) is 2.70. The molecule has 0 heterocycles. The maximum absolute atomic E-state index is 11.8. The van der Waals surface area contributed by atoms with Gasteiger partial charge in [-0.3, -0.25) is 9.09 Å². The minimum absolute atomic E-state index is 0.346. The third-order valence-electron chi connectivity index (χ3n) is 1.16. The molecule has 15 heavy (non-hydrogen) atoms. The van der Waals surface area contributed by atoms with Crippen LogP contribution in [0.1, 0.15) is 6.92 Å². The van der Waals surface area contributed by atoms with Gasteiger partial charge in [-0.15, -0.1) is 0 Å². The molecule has 0 aromatic heterocycles. The van der Waals surface area contributed by atoms with Crippen molar-refractivity contribution in [3.05, 3.63) is 0 Å². The quantitative estimate of drug-likeness (QED) is 0.626. The predicted molar refractivity (Wildman–Crippen MR) is 37.3 cm³/mol. The van der Waals surface area contributed by atoms with E-state index in [2.05, 4.69) is 4.52 Å². The summed E-state index contributed by atoms with van der Waals surface area (Å²) in [5.74, 6) is 0. The van der Waals surface area contributed by atoms with Crippen LogP contribution in [0.2, 0.25) is 0 Å². The van der Waals surface area contributed by atoms with Crippen molar-refractivity contribution in [1.82, 2.24) is 0 Å². The minimum atomic E-state index is -5.31. The van der Waals surface area contributed by atoms with Crippen molar-refractivity contribution in [1.29, 1.82) is 0 Å². The van der Waals surface area contributed by atoms with E-state index in [1.54, 1.807) is 0 Å². The second kappa shape index (κ2) is 4.31. The fourth-order valence-electron chi connectivity index (χ4n) is 0.571. The van der Waals surface area contributed by atoms with Gasteiger partial charge in [0.15, 0.2) is 6.10 Å². The molecule has 2 unspecified atom stereocenters. The first-order valence-corrected chi connectivity index (χ1v) is 5.23. The van der Waals surface area contributed by atoms with Crippen molar-refractivity contribution in [2.45, 2.75) is 25.4 Å². The Morgan fingerprint density at radius 2 is 1.67 bits per heavy atom. The largest absolute Gasteiger partial charge is 0.414 e. The number of halogens is 6. The standard InChI is InChI=1S/C5H7F6O3P/c1-3(5(9,10)11)14-15(12,13)2-4(6,7)8/h3H,2H2,1H3,(H,12,13). The zero-order valence-electron chi connectivity index (χ0n) is 7.26. The Balaban J connectivity index is 4.46. The summed E-state index contributed by atoms with van der Waals surface area (Å²) >= 11 is 0. The van der Waals surface area contributed by atoms with Crippen molar-refractivity contribution >= 4 is 7.60 Å². The summed E-state index contributed by atoms with van der Waals surface area (Å²) < 4.78 is 84.2. The Bertz CT molecular complexity index is 258. The van der Waals surface area contributed by atoms with Gasteiger partial charge in [-0.1, -0.05) is 0 Å². The highest BCUT2D eigenvalue weighted by Crippen LogP contribution is 2.49. The summed E-state index contributed by atoms with van der Waals surface area (Å²) in [6.07, 6.45) is -15.1. The van der Waals surface area contributed by atoms with E-state index in [4.69, 9.17) is 4.89 Å². The molecule has 0 fully saturated rings. The minimum Gasteiger partial charge on any atom is -0.324 e. The van der Waals surface area contributed by atoms with Crippen molar-refractivity contribution in [3.63, 3.8) is 0 Å². The van der Waals surface area contributed by atoms with Gasteiger partial charge in [-0.2, -0.15) is 26.3 Å². The van der Waals surface area contributed by atoms with E-state index in [-0.39, 0.29) is 0 Å². The molecule has 0 saturated heterocycles. The molecule has 0 bridgehead atoms. The van der Waals surface area contributed by atoms with E-state index in [9.17, 15) is 30.9 Å². The highest BCUT2D eigenvalue weighted by molar-refractivity contribution is 7.52. The summed E-state index contributed by atoms with van der Waals surface area (Å²) in [4.78, 5) is 8.50. The molecule has 0 saturated carbocycles. The number of hydrogen-bond acceptors (Lipinski definition) is 2. The molecule has 10 heteroatoms. The lowest BCUT2D eigenvalue weighted by Gasteiger charge is -2.20. The van der Waals surface area contributed by atoms with Crippen LogP contribution >= 0.6 is 7.60 Å². The van der Waals surface area contributed by atoms with Gasteiger partial charge >= 0.3 is 19.9 Å². The molecule has 0 amide bonds. The Morgan fingerprint density at radius 1 is 1.27 bits per heavy atom. The monoisotopic (exact) mass is 260 g/mol. The predicted octanol–water partition coefficient (Wildman–Crippen LogP) is 2.70. The van der Waals surface area contributed by atoms with Gasteiger partial charge in [0, 0.05) is 0 Å². The molecule has 0 rings (SSSR count). The molecule has 0 radical (unpaired) electrons. The molecule has 0 spiro atoms. The van der Waals surface area contributed by atoms with Crippen LogP contribution in [0, 0.1) is 0 Å². The molecule has 0 aliphatic carbocycles. The molecule has 3 nitrogen and oxygen atoms in total. The smallest absolute Gasteiger partial charge is 0.324 e. The van der Waals surface area contributed by atoms with Gasteiger partial charge in [0.25, 0.3) is 0 Å². The maximum atomic E-state index is 11.8. The van der Waals surface area contributed by atoms with Gasteiger partial charge in [0.05, 0.1) is 0 Å².